The standard InChI is InChI=1S/C23H29N3O4S3/c1-31-16-7-9-17(10-8-16)33(29,30)26-13-11-15(12-14-26)22(28)25-23-20(21(24)27)18-5-3-2-4-6-19(18)32-23/h7-10,15H,2-6,11-14H2,1H3,(H2,24,27)(H,25,28). The van der Waals surface area contributed by atoms with Crippen molar-refractivity contribution in [3.8, 4) is 0 Å². The van der Waals surface area contributed by atoms with Gasteiger partial charge >= 0.3 is 0 Å². The molecule has 10 heteroatoms. The molecule has 0 bridgehead atoms. The van der Waals surface area contributed by atoms with Crippen LogP contribution < -0.4 is 11.1 Å². The molecule has 1 aliphatic heterocycles. The lowest BCUT2D eigenvalue weighted by atomic mass is 9.97. The van der Waals surface area contributed by atoms with Crippen LogP contribution in [-0.4, -0.2) is 43.9 Å². The molecule has 1 saturated heterocycles. The fourth-order valence-electron chi connectivity index (χ4n) is 4.56. The van der Waals surface area contributed by atoms with E-state index in [-0.39, 0.29) is 29.8 Å². The number of sulfonamides is 1. The molecule has 0 spiro atoms. The van der Waals surface area contributed by atoms with Crippen LogP contribution in [0.25, 0.3) is 0 Å². The number of carbonyl (C=O) groups excluding carboxylic acids is 2. The van der Waals surface area contributed by atoms with Crippen molar-refractivity contribution in [3.63, 3.8) is 0 Å². The maximum atomic E-state index is 13.0. The van der Waals surface area contributed by atoms with Crippen LogP contribution in [0, 0.1) is 5.92 Å². The van der Waals surface area contributed by atoms with Gasteiger partial charge in [0.2, 0.25) is 15.9 Å². The van der Waals surface area contributed by atoms with Gasteiger partial charge in [0.1, 0.15) is 5.00 Å². The first-order valence-corrected chi connectivity index (χ1v) is 14.7. The lowest BCUT2D eigenvalue weighted by molar-refractivity contribution is -0.120. The number of carbonyl (C=O) groups is 2. The van der Waals surface area contributed by atoms with Gasteiger partial charge in [-0.1, -0.05) is 6.42 Å². The van der Waals surface area contributed by atoms with Gasteiger partial charge in [0.05, 0.1) is 10.5 Å². The third kappa shape index (κ3) is 5.13. The second-order valence-electron chi connectivity index (χ2n) is 8.48. The van der Waals surface area contributed by atoms with E-state index in [1.165, 1.54) is 15.6 Å². The summed E-state index contributed by atoms with van der Waals surface area (Å²) in [6.45, 7) is 0.572. The van der Waals surface area contributed by atoms with Crippen molar-refractivity contribution in [2.45, 2.75) is 54.7 Å². The molecule has 178 valence electrons. The number of piperidine rings is 1. The molecular weight excluding hydrogens is 478 g/mol. The van der Waals surface area contributed by atoms with Gasteiger partial charge < -0.3 is 11.1 Å². The van der Waals surface area contributed by atoms with Gasteiger partial charge in [0, 0.05) is 28.8 Å². The highest BCUT2D eigenvalue weighted by Gasteiger charge is 2.33. The number of amides is 2. The number of primary amides is 1. The Kier molecular flexibility index (Phi) is 7.47. The van der Waals surface area contributed by atoms with E-state index in [9.17, 15) is 18.0 Å². The zero-order valence-corrected chi connectivity index (χ0v) is 21.1. The van der Waals surface area contributed by atoms with Gasteiger partial charge in [-0.3, -0.25) is 9.59 Å². The highest BCUT2D eigenvalue weighted by atomic mass is 32.2. The second kappa shape index (κ2) is 10.2. The summed E-state index contributed by atoms with van der Waals surface area (Å²) in [7, 11) is -3.59. The number of thiophene rings is 1. The van der Waals surface area contributed by atoms with E-state index in [2.05, 4.69) is 5.32 Å². The molecule has 1 aromatic carbocycles. The molecular formula is C23H29N3O4S3. The largest absolute Gasteiger partial charge is 0.365 e. The zero-order valence-electron chi connectivity index (χ0n) is 18.6. The molecule has 0 radical (unpaired) electrons. The Morgan fingerprint density at radius 1 is 1.09 bits per heavy atom. The molecule has 7 nitrogen and oxygen atoms in total. The second-order valence-corrected chi connectivity index (χ2v) is 12.4. The van der Waals surface area contributed by atoms with Gasteiger partial charge in [-0.2, -0.15) is 4.31 Å². The topological polar surface area (TPSA) is 110 Å². The van der Waals surface area contributed by atoms with E-state index in [0.29, 0.717) is 23.4 Å². The summed E-state index contributed by atoms with van der Waals surface area (Å²) in [5.74, 6) is -0.980. The Labute approximate surface area is 203 Å². The number of aryl methyl sites for hydroxylation is 1. The SMILES string of the molecule is CSc1ccc(S(=O)(=O)N2CCC(C(=O)Nc3sc4c(c3C(N)=O)CCCCC4)CC2)cc1. The summed E-state index contributed by atoms with van der Waals surface area (Å²) >= 11 is 3.02. The van der Waals surface area contributed by atoms with Crippen LogP contribution in [-0.2, 0) is 27.7 Å². The van der Waals surface area contributed by atoms with Crippen LogP contribution in [0.4, 0.5) is 5.00 Å². The Morgan fingerprint density at radius 3 is 2.39 bits per heavy atom. The molecule has 33 heavy (non-hydrogen) atoms. The predicted molar refractivity (Wildman–Crippen MR) is 132 cm³/mol. The number of nitrogens with two attached hydrogens (primary N) is 1. The van der Waals surface area contributed by atoms with Crippen molar-refractivity contribution >= 4 is 49.9 Å². The van der Waals surface area contributed by atoms with Crippen LogP contribution >= 0.6 is 23.1 Å². The number of rotatable bonds is 6. The van der Waals surface area contributed by atoms with Crippen molar-refractivity contribution in [1.82, 2.24) is 4.31 Å². The molecule has 0 unspecified atom stereocenters. The van der Waals surface area contributed by atoms with E-state index < -0.39 is 15.9 Å². The molecule has 2 amide bonds. The highest BCUT2D eigenvalue weighted by Crippen LogP contribution is 2.38. The minimum atomic E-state index is -3.59. The molecule has 2 aliphatic rings. The monoisotopic (exact) mass is 507 g/mol. The van der Waals surface area contributed by atoms with Gasteiger partial charge in [0.15, 0.2) is 0 Å². The van der Waals surface area contributed by atoms with Gasteiger partial charge in [0.25, 0.3) is 5.91 Å². The molecule has 0 saturated carbocycles. The lowest BCUT2D eigenvalue weighted by Gasteiger charge is -2.30. The lowest BCUT2D eigenvalue weighted by Crippen LogP contribution is -2.41. The normalized spacial score (nSPS) is 17.8. The Morgan fingerprint density at radius 2 is 1.76 bits per heavy atom. The number of nitrogens with zero attached hydrogens (tertiary/aromatic N) is 1. The average Bonchev–Trinajstić information content (AvgIpc) is 2.99. The first kappa shape index (κ1) is 24.3. The van der Waals surface area contributed by atoms with Crippen LogP contribution in [0.5, 0.6) is 0 Å². The van der Waals surface area contributed by atoms with Crippen molar-refractivity contribution < 1.29 is 18.0 Å². The summed E-state index contributed by atoms with van der Waals surface area (Å²) in [4.78, 5) is 27.6. The third-order valence-electron chi connectivity index (χ3n) is 6.43. The van der Waals surface area contributed by atoms with E-state index in [1.54, 1.807) is 36.0 Å². The van der Waals surface area contributed by atoms with Crippen molar-refractivity contribution in [1.29, 1.82) is 0 Å². The van der Waals surface area contributed by atoms with Gasteiger partial charge in [-0.15, -0.1) is 23.1 Å². The van der Waals surface area contributed by atoms with Crippen molar-refractivity contribution in [2.75, 3.05) is 24.7 Å². The Bertz CT molecular complexity index is 1130. The molecule has 2 aromatic rings. The molecule has 3 N–H and O–H groups in total. The third-order valence-corrected chi connectivity index (χ3v) is 10.3. The molecule has 4 rings (SSSR count). The minimum Gasteiger partial charge on any atom is -0.365 e. The van der Waals surface area contributed by atoms with E-state index in [0.717, 1.165) is 47.4 Å². The number of benzene rings is 1. The van der Waals surface area contributed by atoms with E-state index >= 15 is 0 Å². The highest BCUT2D eigenvalue weighted by molar-refractivity contribution is 7.98. The van der Waals surface area contributed by atoms with E-state index in [1.807, 2.05) is 6.26 Å². The number of nitrogens with one attached hydrogen (secondary N) is 1. The maximum Gasteiger partial charge on any atom is 0.251 e. The predicted octanol–water partition coefficient (Wildman–Crippen LogP) is 3.88. The molecule has 0 atom stereocenters. The Balaban J connectivity index is 1.42. The summed E-state index contributed by atoms with van der Waals surface area (Å²) in [5, 5.41) is 3.49. The number of hydrogen-bond acceptors (Lipinski definition) is 6. The molecule has 1 aliphatic carbocycles. The maximum absolute atomic E-state index is 13.0. The van der Waals surface area contributed by atoms with E-state index in [4.69, 9.17) is 5.73 Å². The van der Waals surface area contributed by atoms with Crippen molar-refractivity contribution in [2.24, 2.45) is 11.7 Å². The number of anilines is 1. The van der Waals surface area contributed by atoms with Gasteiger partial charge in [-0.05, 0) is 74.6 Å². The fourth-order valence-corrected chi connectivity index (χ4v) is 7.74. The fraction of sp³-hybridized carbons (Fsp3) is 0.478. The van der Waals surface area contributed by atoms with Gasteiger partial charge in [-0.25, -0.2) is 8.42 Å². The Hall–Kier alpha value is -1.88. The van der Waals surface area contributed by atoms with Crippen LogP contribution in [0.1, 0.15) is 52.9 Å². The summed E-state index contributed by atoms with van der Waals surface area (Å²) in [6.07, 6.45) is 7.76. The number of hydrogen-bond donors (Lipinski definition) is 2. The van der Waals surface area contributed by atoms with Crippen LogP contribution in [0.3, 0.4) is 0 Å². The quantitative estimate of drug-likeness (QED) is 0.456. The average molecular weight is 508 g/mol. The molecule has 2 heterocycles. The smallest absolute Gasteiger partial charge is 0.251 e. The first-order valence-electron chi connectivity index (χ1n) is 11.2. The first-order chi connectivity index (χ1) is 15.8. The minimum absolute atomic E-state index is 0.171. The summed E-state index contributed by atoms with van der Waals surface area (Å²) in [6, 6.07) is 6.87. The van der Waals surface area contributed by atoms with Crippen LogP contribution in [0.15, 0.2) is 34.1 Å². The zero-order chi connectivity index (χ0) is 23.6. The number of fused-ring (bicyclic) bond motifs is 1. The summed E-state index contributed by atoms with van der Waals surface area (Å²) in [5.41, 5.74) is 7.12. The van der Waals surface area contributed by atoms with Crippen LogP contribution in [0.2, 0.25) is 0 Å². The summed E-state index contributed by atoms with van der Waals surface area (Å²) < 4.78 is 27.4. The molecule has 1 fully saturated rings. The van der Waals surface area contributed by atoms with Crippen molar-refractivity contribution in [3.05, 3.63) is 40.3 Å². The molecule has 1 aromatic heterocycles. The number of thioether (sulfide) groups is 1.